The van der Waals surface area contributed by atoms with Crippen LogP contribution in [0.2, 0.25) is 0 Å². The van der Waals surface area contributed by atoms with Gasteiger partial charge in [0, 0.05) is 0 Å². The molecule has 1 amide bonds. The van der Waals surface area contributed by atoms with Gasteiger partial charge < -0.3 is 19.5 Å². The molecule has 0 aliphatic carbocycles. The number of carbonyl (C=O) groups is 1. The number of hydrogen-bond donors (Lipinski definition) is 1. The molecule has 3 rings (SSSR count). The maximum Gasteiger partial charge on any atom is 0.241 e. The number of sulfonamides is 1. The second-order valence-corrected chi connectivity index (χ2v) is 9.51. The van der Waals surface area contributed by atoms with Gasteiger partial charge in [-0.15, -0.1) is 0 Å². The van der Waals surface area contributed by atoms with Gasteiger partial charge in [-0.25, -0.2) is 8.42 Å². The van der Waals surface area contributed by atoms with Gasteiger partial charge in [0.05, 0.1) is 25.1 Å². The van der Waals surface area contributed by atoms with Crippen LogP contribution in [-0.4, -0.2) is 46.9 Å². The number of carbonyl (C=O) groups excluding carboxylic acids is 1. The van der Waals surface area contributed by atoms with E-state index < -0.39 is 22.5 Å². The number of nitrogens with one attached hydrogen (secondary N) is 1. The van der Waals surface area contributed by atoms with Gasteiger partial charge in [0.1, 0.15) is 30.4 Å². The first-order valence-corrected chi connectivity index (χ1v) is 12.5. The molecule has 3 aromatic rings. The summed E-state index contributed by atoms with van der Waals surface area (Å²) in [6.07, 6.45) is 1.05. The molecule has 1 unspecified atom stereocenters. The predicted octanol–water partition coefficient (Wildman–Crippen LogP) is 3.84. The van der Waals surface area contributed by atoms with Gasteiger partial charge >= 0.3 is 0 Å². The minimum atomic E-state index is -3.78. The lowest BCUT2D eigenvalue weighted by atomic mass is 10.2. The third kappa shape index (κ3) is 7.14. The molecule has 0 bridgehead atoms. The number of benzene rings is 3. The van der Waals surface area contributed by atoms with Gasteiger partial charge in [0.15, 0.2) is 5.75 Å². The average Bonchev–Trinajstić information content (AvgIpc) is 2.82. The van der Waals surface area contributed by atoms with Crippen molar-refractivity contribution in [3.05, 3.63) is 78.9 Å². The monoisotopic (exact) mass is 484 g/mol. The van der Waals surface area contributed by atoms with E-state index in [1.54, 1.807) is 74.7 Å². The van der Waals surface area contributed by atoms with Crippen LogP contribution in [0.5, 0.6) is 23.0 Å². The van der Waals surface area contributed by atoms with Gasteiger partial charge in [-0.1, -0.05) is 30.3 Å². The smallest absolute Gasteiger partial charge is 0.241 e. The summed E-state index contributed by atoms with van der Waals surface area (Å²) in [5.41, 5.74) is 0.270. The van der Waals surface area contributed by atoms with E-state index in [1.165, 1.54) is 0 Å². The van der Waals surface area contributed by atoms with Crippen molar-refractivity contribution in [2.24, 2.45) is 0 Å². The van der Waals surface area contributed by atoms with Gasteiger partial charge in [0.25, 0.3) is 0 Å². The second-order valence-electron chi connectivity index (χ2n) is 7.61. The molecule has 8 nitrogen and oxygen atoms in total. The molecule has 0 spiro atoms. The first kappa shape index (κ1) is 24.9. The lowest BCUT2D eigenvalue weighted by molar-refractivity contribution is -0.120. The Balaban J connectivity index is 1.67. The van der Waals surface area contributed by atoms with Crippen LogP contribution in [0, 0.1) is 0 Å². The van der Waals surface area contributed by atoms with E-state index in [4.69, 9.17) is 14.2 Å². The average molecular weight is 485 g/mol. The lowest BCUT2D eigenvalue weighted by Crippen LogP contribution is -2.45. The fraction of sp³-hybridized carbons (Fsp3) is 0.240. The number of amides is 1. The van der Waals surface area contributed by atoms with Crippen molar-refractivity contribution in [1.29, 1.82) is 0 Å². The Hall–Kier alpha value is -3.72. The molecule has 0 saturated heterocycles. The highest BCUT2D eigenvalue weighted by atomic mass is 32.2. The maximum absolute atomic E-state index is 12.7. The molecule has 0 aliphatic rings. The highest BCUT2D eigenvalue weighted by Crippen LogP contribution is 2.33. The van der Waals surface area contributed by atoms with E-state index in [2.05, 4.69) is 5.32 Å². The van der Waals surface area contributed by atoms with Crippen LogP contribution in [0.4, 0.5) is 5.69 Å². The fourth-order valence-corrected chi connectivity index (χ4v) is 3.99. The van der Waals surface area contributed by atoms with Gasteiger partial charge in [-0.3, -0.25) is 9.10 Å². The SMILES string of the molecule is COc1ccc(OCC(C)NC(=O)CN(c2ccccc2Oc2ccccc2)S(C)(=O)=O)cc1. The second kappa shape index (κ2) is 11.4. The number of ether oxygens (including phenoxy) is 3. The maximum atomic E-state index is 12.7. The molecule has 0 fully saturated rings. The van der Waals surface area contributed by atoms with Crippen LogP contribution in [0.15, 0.2) is 78.9 Å². The molecular formula is C25H28N2O6S. The van der Waals surface area contributed by atoms with Crippen molar-refractivity contribution in [3.8, 4) is 23.0 Å². The first-order chi connectivity index (χ1) is 16.3. The summed E-state index contributed by atoms with van der Waals surface area (Å²) < 4.78 is 42.9. The number of anilines is 1. The Bertz CT molecular complexity index is 1180. The number of rotatable bonds is 11. The minimum absolute atomic E-state index is 0.213. The zero-order chi connectivity index (χ0) is 24.6. The van der Waals surface area contributed by atoms with Crippen LogP contribution in [0.1, 0.15) is 6.92 Å². The summed E-state index contributed by atoms with van der Waals surface area (Å²) in [6.45, 7) is 1.59. The van der Waals surface area contributed by atoms with Crippen LogP contribution in [0.25, 0.3) is 0 Å². The normalized spacial score (nSPS) is 11.9. The molecular weight excluding hydrogens is 456 g/mol. The van der Waals surface area contributed by atoms with Gasteiger partial charge in [0.2, 0.25) is 15.9 Å². The van der Waals surface area contributed by atoms with Crippen LogP contribution in [-0.2, 0) is 14.8 Å². The molecule has 1 atom stereocenters. The summed E-state index contributed by atoms with van der Waals surface area (Å²) in [7, 11) is -2.19. The molecule has 0 radical (unpaired) electrons. The minimum Gasteiger partial charge on any atom is -0.497 e. The van der Waals surface area contributed by atoms with Crippen molar-refractivity contribution < 1.29 is 27.4 Å². The van der Waals surface area contributed by atoms with Crippen LogP contribution in [0.3, 0.4) is 0 Å². The van der Waals surface area contributed by atoms with Crippen LogP contribution >= 0.6 is 0 Å². The van der Waals surface area contributed by atoms with Crippen molar-refractivity contribution in [1.82, 2.24) is 5.32 Å². The van der Waals surface area contributed by atoms with E-state index in [-0.39, 0.29) is 18.3 Å². The zero-order valence-corrected chi connectivity index (χ0v) is 20.1. The van der Waals surface area contributed by atoms with Crippen LogP contribution < -0.4 is 23.8 Å². The summed E-state index contributed by atoms with van der Waals surface area (Å²) in [6, 6.07) is 22.4. The summed E-state index contributed by atoms with van der Waals surface area (Å²) in [5, 5.41) is 2.78. The van der Waals surface area contributed by atoms with Crippen molar-refractivity contribution in [2.45, 2.75) is 13.0 Å². The first-order valence-electron chi connectivity index (χ1n) is 10.6. The molecule has 0 aromatic heterocycles. The fourth-order valence-electron chi connectivity index (χ4n) is 3.13. The molecule has 34 heavy (non-hydrogen) atoms. The Morgan fingerprint density at radius 1 is 0.912 bits per heavy atom. The Kier molecular flexibility index (Phi) is 8.37. The third-order valence-electron chi connectivity index (χ3n) is 4.76. The highest BCUT2D eigenvalue weighted by Gasteiger charge is 2.25. The van der Waals surface area contributed by atoms with E-state index in [9.17, 15) is 13.2 Å². The van der Waals surface area contributed by atoms with Gasteiger partial charge in [-0.05, 0) is 55.5 Å². The third-order valence-corrected chi connectivity index (χ3v) is 5.89. The van der Waals surface area contributed by atoms with Crippen molar-refractivity contribution >= 4 is 21.6 Å². The number of hydrogen-bond acceptors (Lipinski definition) is 6. The zero-order valence-electron chi connectivity index (χ0n) is 19.3. The quantitative estimate of drug-likeness (QED) is 0.445. The topological polar surface area (TPSA) is 94.2 Å². The van der Waals surface area contributed by atoms with E-state index in [0.29, 0.717) is 23.0 Å². The molecule has 180 valence electrons. The highest BCUT2D eigenvalue weighted by molar-refractivity contribution is 7.92. The summed E-state index contributed by atoms with van der Waals surface area (Å²) in [5.74, 6) is 1.75. The van der Waals surface area contributed by atoms with E-state index >= 15 is 0 Å². The predicted molar refractivity (Wildman–Crippen MR) is 131 cm³/mol. The van der Waals surface area contributed by atoms with E-state index in [1.807, 2.05) is 18.2 Å². The largest absolute Gasteiger partial charge is 0.497 e. The van der Waals surface area contributed by atoms with E-state index in [0.717, 1.165) is 10.6 Å². The molecule has 0 heterocycles. The molecule has 1 N–H and O–H groups in total. The Morgan fingerprint density at radius 2 is 1.53 bits per heavy atom. The number of para-hydroxylation sites is 3. The Labute approximate surface area is 200 Å². The number of methoxy groups -OCH3 is 1. The molecule has 0 saturated carbocycles. The lowest BCUT2D eigenvalue weighted by Gasteiger charge is -2.25. The van der Waals surface area contributed by atoms with Gasteiger partial charge in [-0.2, -0.15) is 0 Å². The summed E-state index contributed by atoms with van der Waals surface area (Å²) >= 11 is 0. The molecule has 3 aromatic carbocycles. The number of nitrogens with zero attached hydrogens (tertiary/aromatic N) is 1. The van der Waals surface area contributed by atoms with Crippen molar-refractivity contribution in [2.75, 3.05) is 30.8 Å². The summed E-state index contributed by atoms with van der Waals surface area (Å²) in [4.78, 5) is 12.7. The Morgan fingerprint density at radius 3 is 2.18 bits per heavy atom. The van der Waals surface area contributed by atoms with Crippen molar-refractivity contribution in [3.63, 3.8) is 0 Å². The molecule has 0 aliphatic heterocycles. The standard InChI is InChI=1S/C25H28N2O6S/c1-19(18-32-21-15-13-20(31-2)14-16-21)26-25(28)17-27(34(3,29)30)23-11-7-8-12-24(23)33-22-9-5-4-6-10-22/h4-16,19H,17-18H2,1-3H3,(H,26,28). The molecule has 9 heteroatoms.